The third-order valence-electron chi connectivity index (χ3n) is 2.50. The fourth-order valence-electron chi connectivity index (χ4n) is 1.73. The number of allylic oxidation sites excluding steroid dienone is 3. The lowest BCUT2D eigenvalue weighted by atomic mass is 9.85. The Balaban J connectivity index is 2.39. The first-order chi connectivity index (χ1) is 6.09. The number of nitrogens with one attached hydrogen (secondary N) is 1. The highest BCUT2D eigenvalue weighted by Crippen LogP contribution is 2.33. The van der Waals surface area contributed by atoms with Crippen LogP contribution in [0.15, 0.2) is 35.7 Å². The summed E-state index contributed by atoms with van der Waals surface area (Å²) in [7, 11) is 0. The van der Waals surface area contributed by atoms with Crippen molar-refractivity contribution in [2.75, 3.05) is 6.54 Å². The molecule has 0 spiro atoms. The smallest absolute Gasteiger partial charge is 0.0581 e. The Bertz CT molecular complexity index is 303. The molecule has 0 aliphatic carbocycles. The van der Waals surface area contributed by atoms with E-state index in [9.17, 15) is 0 Å². The molecule has 0 unspecified atom stereocenters. The molecular formula is C11H16N2. The highest BCUT2D eigenvalue weighted by atomic mass is 15.5. The number of hydrogen-bond acceptors (Lipinski definition) is 2. The average molecular weight is 176 g/mol. The molecule has 0 fully saturated rings. The Kier molecular flexibility index (Phi) is 1.81. The molecule has 13 heavy (non-hydrogen) atoms. The second kappa shape index (κ2) is 2.74. The van der Waals surface area contributed by atoms with E-state index in [1.54, 1.807) is 0 Å². The minimum Gasteiger partial charge on any atom is -0.284 e. The van der Waals surface area contributed by atoms with Crippen molar-refractivity contribution in [2.45, 2.75) is 20.8 Å². The van der Waals surface area contributed by atoms with Crippen LogP contribution in [-0.2, 0) is 0 Å². The summed E-state index contributed by atoms with van der Waals surface area (Å²) in [4.78, 5) is 0. The van der Waals surface area contributed by atoms with Gasteiger partial charge >= 0.3 is 0 Å². The Morgan fingerprint density at radius 2 is 2.08 bits per heavy atom. The van der Waals surface area contributed by atoms with Crippen LogP contribution in [0.1, 0.15) is 20.8 Å². The molecule has 0 saturated heterocycles. The zero-order valence-electron chi connectivity index (χ0n) is 8.46. The van der Waals surface area contributed by atoms with E-state index in [0.29, 0.717) is 0 Å². The zero-order chi connectivity index (χ0) is 9.47. The standard InChI is InChI=1S/C11H16N2/c1-11(2,3)9-8-12-13-7-5-4-6-10(9)13/h4-7,12H,8H2,1-3H3. The van der Waals surface area contributed by atoms with Gasteiger partial charge in [-0.2, -0.15) is 0 Å². The average Bonchev–Trinajstić information content (AvgIpc) is 2.45. The van der Waals surface area contributed by atoms with Crippen LogP contribution in [0.2, 0.25) is 0 Å². The van der Waals surface area contributed by atoms with Gasteiger partial charge in [0, 0.05) is 12.7 Å². The van der Waals surface area contributed by atoms with E-state index < -0.39 is 0 Å². The molecule has 0 saturated carbocycles. The van der Waals surface area contributed by atoms with Crippen LogP contribution < -0.4 is 5.43 Å². The van der Waals surface area contributed by atoms with Gasteiger partial charge in [-0.1, -0.05) is 26.8 Å². The summed E-state index contributed by atoms with van der Waals surface area (Å²) in [6.45, 7) is 7.74. The van der Waals surface area contributed by atoms with Crippen LogP contribution in [0.3, 0.4) is 0 Å². The SMILES string of the molecule is CC(C)(C)C1=C2C=CC=CN2NC1. The maximum atomic E-state index is 3.34. The van der Waals surface area contributed by atoms with Crippen molar-refractivity contribution in [2.24, 2.45) is 5.41 Å². The Labute approximate surface area is 79.6 Å². The predicted octanol–water partition coefficient (Wildman–Crippen LogP) is 2.19. The van der Waals surface area contributed by atoms with Crippen LogP contribution in [0.5, 0.6) is 0 Å². The van der Waals surface area contributed by atoms with E-state index >= 15 is 0 Å². The van der Waals surface area contributed by atoms with Crippen LogP contribution in [0.4, 0.5) is 0 Å². The summed E-state index contributed by atoms with van der Waals surface area (Å²) in [6.07, 6.45) is 8.36. The molecular weight excluding hydrogens is 160 g/mol. The van der Waals surface area contributed by atoms with Gasteiger partial charge in [-0.3, -0.25) is 5.01 Å². The van der Waals surface area contributed by atoms with E-state index in [1.165, 1.54) is 11.3 Å². The predicted molar refractivity (Wildman–Crippen MR) is 54.6 cm³/mol. The first kappa shape index (κ1) is 8.57. The zero-order valence-corrected chi connectivity index (χ0v) is 8.46. The van der Waals surface area contributed by atoms with Gasteiger partial charge in [-0.25, -0.2) is 5.43 Å². The van der Waals surface area contributed by atoms with Crippen LogP contribution >= 0.6 is 0 Å². The van der Waals surface area contributed by atoms with Gasteiger partial charge in [0.05, 0.1) is 5.70 Å². The van der Waals surface area contributed by atoms with Gasteiger partial charge in [0.2, 0.25) is 0 Å². The summed E-state index contributed by atoms with van der Waals surface area (Å²) >= 11 is 0. The summed E-state index contributed by atoms with van der Waals surface area (Å²) in [5, 5.41) is 2.10. The van der Waals surface area contributed by atoms with Crippen molar-refractivity contribution in [3.63, 3.8) is 0 Å². The summed E-state index contributed by atoms with van der Waals surface area (Å²) in [5.74, 6) is 0. The molecule has 0 aromatic heterocycles. The molecule has 0 radical (unpaired) electrons. The fraction of sp³-hybridized carbons (Fsp3) is 0.455. The fourth-order valence-corrected chi connectivity index (χ4v) is 1.73. The molecule has 2 aliphatic heterocycles. The van der Waals surface area contributed by atoms with E-state index in [0.717, 1.165) is 6.54 Å². The van der Waals surface area contributed by atoms with E-state index in [2.05, 4.69) is 49.6 Å². The van der Waals surface area contributed by atoms with Gasteiger partial charge in [-0.15, -0.1) is 0 Å². The lowest BCUT2D eigenvalue weighted by Gasteiger charge is -2.22. The minimum atomic E-state index is 0.257. The molecule has 2 nitrogen and oxygen atoms in total. The molecule has 0 aromatic carbocycles. The van der Waals surface area contributed by atoms with Crippen LogP contribution in [0.25, 0.3) is 0 Å². The molecule has 70 valence electrons. The van der Waals surface area contributed by atoms with E-state index in [4.69, 9.17) is 0 Å². The molecule has 0 bridgehead atoms. The molecule has 2 heterocycles. The molecule has 1 N–H and O–H groups in total. The largest absolute Gasteiger partial charge is 0.284 e. The molecule has 2 aliphatic rings. The first-order valence-corrected chi connectivity index (χ1v) is 4.70. The van der Waals surface area contributed by atoms with E-state index in [-0.39, 0.29) is 5.41 Å². The maximum Gasteiger partial charge on any atom is 0.0581 e. The van der Waals surface area contributed by atoms with Gasteiger partial charge in [-0.05, 0) is 23.1 Å². The second-order valence-electron chi connectivity index (χ2n) is 4.52. The number of hydrogen-bond donors (Lipinski definition) is 1. The number of rotatable bonds is 0. The van der Waals surface area contributed by atoms with Crippen molar-refractivity contribution in [3.05, 3.63) is 35.7 Å². The Hall–Kier alpha value is -1.02. The Morgan fingerprint density at radius 1 is 1.31 bits per heavy atom. The van der Waals surface area contributed by atoms with Crippen LogP contribution in [0, 0.1) is 5.41 Å². The molecule has 0 aromatic rings. The number of nitrogens with zero attached hydrogens (tertiary/aromatic N) is 1. The third kappa shape index (κ3) is 1.42. The van der Waals surface area contributed by atoms with Crippen molar-refractivity contribution in [3.8, 4) is 0 Å². The molecule has 2 rings (SSSR count). The topological polar surface area (TPSA) is 15.3 Å². The quantitative estimate of drug-likeness (QED) is 0.608. The second-order valence-corrected chi connectivity index (χ2v) is 4.52. The first-order valence-electron chi connectivity index (χ1n) is 4.70. The van der Waals surface area contributed by atoms with E-state index in [1.807, 2.05) is 6.08 Å². The minimum absolute atomic E-state index is 0.257. The maximum absolute atomic E-state index is 3.34. The summed E-state index contributed by atoms with van der Waals surface area (Å²) in [5.41, 5.74) is 6.39. The van der Waals surface area contributed by atoms with Crippen LogP contribution in [-0.4, -0.2) is 11.6 Å². The monoisotopic (exact) mass is 176 g/mol. The van der Waals surface area contributed by atoms with Crippen molar-refractivity contribution in [1.29, 1.82) is 0 Å². The highest BCUT2D eigenvalue weighted by molar-refractivity contribution is 5.37. The lowest BCUT2D eigenvalue weighted by molar-refractivity contribution is 0.394. The lowest BCUT2D eigenvalue weighted by Crippen LogP contribution is -2.26. The van der Waals surface area contributed by atoms with Crippen molar-refractivity contribution < 1.29 is 0 Å². The highest BCUT2D eigenvalue weighted by Gasteiger charge is 2.27. The molecule has 0 amide bonds. The number of fused-ring (bicyclic) bond motifs is 1. The number of hydrazine groups is 1. The third-order valence-corrected chi connectivity index (χ3v) is 2.50. The van der Waals surface area contributed by atoms with Crippen molar-refractivity contribution in [1.82, 2.24) is 10.4 Å². The summed E-state index contributed by atoms with van der Waals surface area (Å²) in [6, 6.07) is 0. The van der Waals surface area contributed by atoms with Gasteiger partial charge in [0.15, 0.2) is 0 Å². The normalized spacial score (nSPS) is 21.3. The Morgan fingerprint density at radius 3 is 2.77 bits per heavy atom. The van der Waals surface area contributed by atoms with Gasteiger partial charge in [0.1, 0.15) is 0 Å². The summed E-state index contributed by atoms with van der Waals surface area (Å²) < 4.78 is 0. The van der Waals surface area contributed by atoms with Crippen molar-refractivity contribution >= 4 is 0 Å². The molecule has 0 atom stereocenters. The molecule has 2 heteroatoms. The van der Waals surface area contributed by atoms with Gasteiger partial charge in [0.25, 0.3) is 0 Å². The van der Waals surface area contributed by atoms with Gasteiger partial charge < -0.3 is 0 Å².